The highest BCUT2D eigenvalue weighted by Gasteiger charge is 2.14. The Morgan fingerprint density at radius 3 is 2.29 bits per heavy atom. The molecule has 1 unspecified atom stereocenters. The lowest BCUT2D eigenvalue weighted by Crippen LogP contribution is -2.06. The summed E-state index contributed by atoms with van der Waals surface area (Å²) >= 11 is 0. The summed E-state index contributed by atoms with van der Waals surface area (Å²) in [7, 11) is 0. The number of nitrogens with one attached hydrogen (secondary N) is 1. The number of aromatic nitrogens is 7. The Bertz CT molecular complexity index is 1430. The van der Waals surface area contributed by atoms with Crippen LogP contribution in [0.5, 0.6) is 0 Å². The Morgan fingerprint density at radius 1 is 0.868 bits per heavy atom. The summed E-state index contributed by atoms with van der Waals surface area (Å²) in [4.78, 5) is 4.95. The number of aryl methyl sites for hydroxylation is 1. The second kappa shape index (κ2) is 11.9. The van der Waals surface area contributed by atoms with Gasteiger partial charge in [0.05, 0.1) is 6.54 Å². The summed E-state index contributed by atoms with van der Waals surface area (Å²) in [6, 6.07) is 25.0. The summed E-state index contributed by atoms with van der Waals surface area (Å²) in [6.07, 6.45) is 5.67. The third-order valence-electron chi connectivity index (χ3n) is 6.79. The van der Waals surface area contributed by atoms with Crippen molar-refractivity contribution in [3.63, 3.8) is 0 Å². The van der Waals surface area contributed by atoms with Gasteiger partial charge in [0, 0.05) is 23.6 Å². The Hall–Kier alpha value is -4.17. The zero-order chi connectivity index (χ0) is 26.3. The molecule has 0 aliphatic carbocycles. The molecule has 0 fully saturated rings. The van der Waals surface area contributed by atoms with Crippen molar-refractivity contribution in [1.82, 2.24) is 35.4 Å². The number of hydrogen-bond donors (Lipinski definition) is 2. The van der Waals surface area contributed by atoms with Gasteiger partial charge in [-0.3, -0.25) is 0 Å². The molecule has 2 aromatic heterocycles. The van der Waals surface area contributed by atoms with E-state index >= 15 is 0 Å². The number of tetrazole rings is 1. The largest absolute Gasteiger partial charge is 0.324 e. The first kappa shape index (κ1) is 25.5. The van der Waals surface area contributed by atoms with Gasteiger partial charge in [-0.2, -0.15) is 5.10 Å². The number of nitrogens with zero attached hydrogens (tertiary/aromatic N) is 6. The van der Waals surface area contributed by atoms with Crippen LogP contribution in [0.4, 0.5) is 0 Å². The molecule has 194 valence electrons. The van der Waals surface area contributed by atoms with Gasteiger partial charge in [0.2, 0.25) is 0 Å². The van der Waals surface area contributed by atoms with Gasteiger partial charge in [0.1, 0.15) is 0 Å². The van der Waals surface area contributed by atoms with Crippen LogP contribution in [-0.4, -0.2) is 35.4 Å². The van der Waals surface area contributed by atoms with Crippen LogP contribution in [0.15, 0.2) is 72.8 Å². The van der Waals surface area contributed by atoms with E-state index in [2.05, 4.69) is 82.1 Å². The number of benzene rings is 3. The lowest BCUT2D eigenvalue weighted by atomic mass is 9.98. The zero-order valence-corrected chi connectivity index (χ0v) is 22.0. The molecule has 5 aromatic rings. The molecule has 38 heavy (non-hydrogen) atoms. The number of H-pyrrole nitrogens is 1. The van der Waals surface area contributed by atoms with Gasteiger partial charge in [-0.05, 0) is 46.0 Å². The van der Waals surface area contributed by atoms with Crippen LogP contribution in [0.3, 0.4) is 0 Å². The molecule has 8 heteroatoms. The molecule has 0 saturated carbocycles. The maximum absolute atomic E-state index is 6.06. The summed E-state index contributed by atoms with van der Waals surface area (Å²) in [5, 5.41) is 19.3. The topological polar surface area (TPSA) is 111 Å². The van der Waals surface area contributed by atoms with E-state index in [1.807, 2.05) is 29.8 Å². The van der Waals surface area contributed by atoms with Gasteiger partial charge in [-0.15, -0.1) is 5.10 Å². The quantitative estimate of drug-likeness (QED) is 0.213. The van der Waals surface area contributed by atoms with Crippen molar-refractivity contribution in [1.29, 1.82) is 0 Å². The first-order valence-electron chi connectivity index (χ1n) is 13.3. The Balaban J connectivity index is 1.40. The van der Waals surface area contributed by atoms with Crippen LogP contribution in [0.2, 0.25) is 0 Å². The van der Waals surface area contributed by atoms with E-state index in [4.69, 9.17) is 15.8 Å². The second-order valence-corrected chi connectivity index (χ2v) is 9.72. The molecular formula is C30H34N8. The minimum absolute atomic E-state index is 0.00000233. The fourth-order valence-electron chi connectivity index (χ4n) is 4.64. The van der Waals surface area contributed by atoms with Crippen molar-refractivity contribution in [2.24, 2.45) is 5.73 Å². The standard InChI is InChI=1S/C30H34N8/c1-3-4-5-6-11-28-32-30(25-18-16-23(17-19-25)21(2)31)38(35-28)20-22-12-14-24(15-13-22)26-9-7-8-10-27(26)29-33-36-37-34-29/h7-10,12-19,21H,3-6,11,20,31H2,1-2H3,(H,33,34,36,37). The van der Waals surface area contributed by atoms with Gasteiger partial charge in [-0.1, -0.05) is 99.0 Å². The van der Waals surface area contributed by atoms with E-state index in [1.54, 1.807) is 0 Å². The third kappa shape index (κ3) is 5.86. The molecule has 3 N–H and O–H groups in total. The first-order chi connectivity index (χ1) is 18.6. The highest BCUT2D eigenvalue weighted by Crippen LogP contribution is 2.30. The summed E-state index contributed by atoms with van der Waals surface area (Å²) in [6.45, 7) is 4.86. The first-order valence-corrected chi connectivity index (χ1v) is 13.3. The molecule has 2 heterocycles. The van der Waals surface area contributed by atoms with Crippen LogP contribution in [0, 0.1) is 0 Å². The van der Waals surface area contributed by atoms with Crippen molar-refractivity contribution < 1.29 is 0 Å². The van der Waals surface area contributed by atoms with Crippen LogP contribution in [0.25, 0.3) is 33.9 Å². The summed E-state index contributed by atoms with van der Waals surface area (Å²) < 4.78 is 2.03. The van der Waals surface area contributed by atoms with Crippen LogP contribution in [0.1, 0.15) is 62.5 Å². The van der Waals surface area contributed by atoms with E-state index in [-0.39, 0.29) is 6.04 Å². The zero-order valence-electron chi connectivity index (χ0n) is 22.0. The third-order valence-corrected chi connectivity index (χ3v) is 6.79. The van der Waals surface area contributed by atoms with Crippen molar-refractivity contribution in [2.75, 3.05) is 0 Å². The highest BCUT2D eigenvalue weighted by molar-refractivity contribution is 5.80. The van der Waals surface area contributed by atoms with E-state index in [9.17, 15) is 0 Å². The van der Waals surface area contributed by atoms with E-state index in [0.717, 1.165) is 57.9 Å². The molecule has 5 rings (SSSR count). The van der Waals surface area contributed by atoms with E-state index in [1.165, 1.54) is 19.3 Å². The maximum atomic E-state index is 6.06. The van der Waals surface area contributed by atoms with Crippen LogP contribution >= 0.6 is 0 Å². The minimum Gasteiger partial charge on any atom is -0.324 e. The number of hydrogen-bond acceptors (Lipinski definition) is 6. The fourth-order valence-corrected chi connectivity index (χ4v) is 4.64. The van der Waals surface area contributed by atoms with Gasteiger partial charge in [-0.25, -0.2) is 14.8 Å². The van der Waals surface area contributed by atoms with E-state index < -0.39 is 0 Å². The molecule has 0 aliphatic heterocycles. The predicted octanol–water partition coefficient (Wildman–Crippen LogP) is 5.98. The molecule has 0 bridgehead atoms. The lowest BCUT2D eigenvalue weighted by molar-refractivity contribution is 0.634. The molecule has 8 nitrogen and oxygen atoms in total. The SMILES string of the molecule is CCCCCCc1nc(-c2ccc(C(C)N)cc2)n(Cc2ccc(-c3ccccc3-c3nnn[nH]3)cc2)n1. The van der Waals surface area contributed by atoms with Crippen molar-refractivity contribution in [3.05, 3.63) is 89.7 Å². The Kier molecular flexibility index (Phi) is 7.99. The average molecular weight is 507 g/mol. The second-order valence-electron chi connectivity index (χ2n) is 9.72. The molecule has 0 amide bonds. The molecule has 0 aliphatic rings. The molecule has 0 spiro atoms. The average Bonchev–Trinajstić information content (AvgIpc) is 3.62. The van der Waals surface area contributed by atoms with Gasteiger partial charge in [0.25, 0.3) is 0 Å². The molecule has 0 saturated heterocycles. The fraction of sp³-hybridized carbons (Fsp3) is 0.300. The van der Waals surface area contributed by atoms with Gasteiger partial charge >= 0.3 is 0 Å². The minimum atomic E-state index is 0.00000233. The van der Waals surface area contributed by atoms with E-state index in [0.29, 0.717) is 12.4 Å². The van der Waals surface area contributed by atoms with Crippen molar-refractivity contribution in [3.8, 4) is 33.9 Å². The molecule has 1 atom stereocenters. The number of nitrogens with two attached hydrogens (primary N) is 1. The van der Waals surface area contributed by atoms with Crippen LogP contribution < -0.4 is 5.73 Å². The number of aromatic amines is 1. The number of rotatable bonds is 11. The summed E-state index contributed by atoms with van der Waals surface area (Å²) in [5.74, 6) is 2.44. The predicted molar refractivity (Wildman–Crippen MR) is 150 cm³/mol. The molecule has 0 radical (unpaired) electrons. The number of unbranched alkanes of at least 4 members (excludes halogenated alkanes) is 3. The smallest absolute Gasteiger partial charge is 0.180 e. The Morgan fingerprint density at radius 2 is 1.61 bits per heavy atom. The van der Waals surface area contributed by atoms with Crippen molar-refractivity contribution >= 4 is 0 Å². The highest BCUT2D eigenvalue weighted by atomic mass is 15.5. The van der Waals surface area contributed by atoms with Gasteiger partial charge in [0.15, 0.2) is 17.5 Å². The summed E-state index contributed by atoms with van der Waals surface area (Å²) in [5.41, 5.74) is 12.5. The maximum Gasteiger partial charge on any atom is 0.180 e. The monoisotopic (exact) mass is 506 g/mol. The normalized spacial score (nSPS) is 12.1. The Labute approximate surface area is 223 Å². The molecule has 3 aromatic carbocycles. The molecular weight excluding hydrogens is 472 g/mol. The van der Waals surface area contributed by atoms with Gasteiger partial charge < -0.3 is 5.73 Å². The van der Waals surface area contributed by atoms with Crippen LogP contribution in [-0.2, 0) is 13.0 Å². The van der Waals surface area contributed by atoms with Crippen molar-refractivity contribution in [2.45, 2.75) is 58.5 Å². The lowest BCUT2D eigenvalue weighted by Gasteiger charge is -2.10.